The second kappa shape index (κ2) is 13.4. The highest BCUT2D eigenvalue weighted by atomic mass is 14.0. The van der Waals surface area contributed by atoms with Crippen molar-refractivity contribution in [2.45, 2.75) is 20.8 Å². The minimum absolute atomic E-state index is 0.817. The zero-order valence-corrected chi connectivity index (χ0v) is 15.7. The van der Waals surface area contributed by atoms with Crippen LogP contribution in [-0.4, -0.2) is 0 Å². The molecule has 0 heterocycles. The molecule has 0 fully saturated rings. The molecule has 0 nitrogen and oxygen atoms in total. The largest absolute Gasteiger partial charge is 0.0988 e. The summed E-state index contributed by atoms with van der Waals surface area (Å²) in [4.78, 5) is 0. The average Bonchev–Trinajstić information content (AvgIpc) is 2.64. The standard InChI is InChI=1S/C25H28/c1-8-13-14-15-23(11-4)17-18-24(12-5)20-25(22(7)10-3)19-16-21(6)9-2/h8-16,19-20H,2-3,5,7H2,1,4,6H3/b13-8-,15-14-,21-16-,23-11+,24-20+,25-19-. The predicted molar refractivity (Wildman–Crippen MR) is 115 cm³/mol. The third kappa shape index (κ3) is 9.64. The Morgan fingerprint density at radius 2 is 1.52 bits per heavy atom. The summed E-state index contributed by atoms with van der Waals surface area (Å²) >= 11 is 0. The van der Waals surface area contributed by atoms with Crippen LogP contribution in [0.2, 0.25) is 0 Å². The highest BCUT2D eigenvalue weighted by molar-refractivity contribution is 5.54. The van der Waals surface area contributed by atoms with E-state index in [2.05, 4.69) is 38.2 Å². The van der Waals surface area contributed by atoms with Gasteiger partial charge >= 0.3 is 0 Å². The van der Waals surface area contributed by atoms with Crippen LogP contribution in [0.25, 0.3) is 0 Å². The molecule has 0 N–H and O–H groups in total. The van der Waals surface area contributed by atoms with E-state index in [0.29, 0.717) is 0 Å². The average molecular weight is 328 g/mol. The Bertz CT molecular complexity index is 742. The normalized spacial score (nSPS) is 13.6. The fourth-order valence-electron chi connectivity index (χ4n) is 1.59. The van der Waals surface area contributed by atoms with E-state index < -0.39 is 0 Å². The lowest BCUT2D eigenvalue weighted by Crippen LogP contribution is -1.84. The van der Waals surface area contributed by atoms with Crippen LogP contribution in [0.4, 0.5) is 0 Å². The third-order valence-corrected chi connectivity index (χ3v) is 3.24. The van der Waals surface area contributed by atoms with E-state index >= 15 is 0 Å². The first-order valence-corrected chi connectivity index (χ1v) is 8.16. The lowest BCUT2D eigenvalue weighted by atomic mass is 10.0. The smallest absolute Gasteiger partial charge is 0.0249 e. The van der Waals surface area contributed by atoms with E-state index in [1.54, 1.807) is 18.2 Å². The van der Waals surface area contributed by atoms with Gasteiger partial charge in [0.1, 0.15) is 0 Å². The summed E-state index contributed by atoms with van der Waals surface area (Å²) in [5.41, 5.74) is 4.60. The lowest BCUT2D eigenvalue weighted by molar-refractivity contribution is 1.50. The predicted octanol–water partition coefficient (Wildman–Crippen LogP) is 6.98. The molecule has 0 unspecified atom stereocenters. The molecule has 0 aromatic heterocycles. The zero-order valence-electron chi connectivity index (χ0n) is 15.7. The van der Waals surface area contributed by atoms with E-state index in [4.69, 9.17) is 0 Å². The molecule has 0 heteroatoms. The van der Waals surface area contributed by atoms with Crippen LogP contribution < -0.4 is 0 Å². The summed E-state index contributed by atoms with van der Waals surface area (Å²) in [7, 11) is 0. The van der Waals surface area contributed by atoms with Gasteiger partial charge in [0.2, 0.25) is 0 Å². The van der Waals surface area contributed by atoms with Gasteiger partial charge in [-0.1, -0.05) is 98.4 Å². The third-order valence-electron chi connectivity index (χ3n) is 3.24. The van der Waals surface area contributed by atoms with Crippen molar-refractivity contribution in [2.24, 2.45) is 0 Å². The highest BCUT2D eigenvalue weighted by Crippen LogP contribution is 2.14. The number of hydrogen-bond donors (Lipinski definition) is 0. The van der Waals surface area contributed by atoms with Crippen LogP contribution in [0.1, 0.15) is 20.8 Å². The van der Waals surface area contributed by atoms with Crippen LogP contribution in [-0.2, 0) is 0 Å². The molecule has 0 radical (unpaired) electrons. The highest BCUT2D eigenvalue weighted by Gasteiger charge is 1.97. The van der Waals surface area contributed by atoms with Crippen molar-refractivity contribution < 1.29 is 0 Å². The van der Waals surface area contributed by atoms with Crippen molar-refractivity contribution >= 4 is 0 Å². The fourth-order valence-corrected chi connectivity index (χ4v) is 1.59. The molecule has 0 saturated heterocycles. The molecule has 0 spiro atoms. The van der Waals surface area contributed by atoms with E-state index in [9.17, 15) is 0 Å². The Morgan fingerprint density at radius 3 is 2.04 bits per heavy atom. The minimum atomic E-state index is 0.817. The lowest BCUT2D eigenvalue weighted by Gasteiger charge is -2.02. The van der Waals surface area contributed by atoms with E-state index in [1.807, 2.05) is 69.4 Å². The van der Waals surface area contributed by atoms with Crippen molar-refractivity contribution in [2.75, 3.05) is 0 Å². The second-order valence-corrected chi connectivity index (χ2v) is 5.15. The van der Waals surface area contributed by atoms with Gasteiger partial charge < -0.3 is 0 Å². The van der Waals surface area contributed by atoms with E-state index in [-0.39, 0.29) is 0 Å². The fraction of sp³-hybridized carbons (Fsp3) is 0.120. The number of hydrogen-bond acceptors (Lipinski definition) is 0. The van der Waals surface area contributed by atoms with Gasteiger partial charge in [-0.05, 0) is 44.1 Å². The molecule has 0 bridgehead atoms. The summed E-state index contributed by atoms with van der Waals surface area (Å²) in [6.45, 7) is 21.4. The monoisotopic (exact) mass is 328 g/mol. The SMILES string of the molecule is C=CC(=C)C(=C\C=C(\C)C=C)/C=C(/C#CC(/C=C\C=C/C)=C/C)C=C. The van der Waals surface area contributed by atoms with Crippen molar-refractivity contribution in [1.29, 1.82) is 0 Å². The number of rotatable bonds is 8. The van der Waals surface area contributed by atoms with E-state index in [1.165, 1.54) is 0 Å². The molecule has 0 aromatic rings. The first-order valence-electron chi connectivity index (χ1n) is 8.16. The molecule has 0 aliphatic carbocycles. The first-order chi connectivity index (χ1) is 12.0. The molecule has 128 valence electrons. The Balaban J connectivity index is 5.78. The zero-order chi connectivity index (χ0) is 19.1. The van der Waals surface area contributed by atoms with Gasteiger partial charge in [-0.25, -0.2) is 0 Å². The van der Waals surface area contributed by atoms with Crippen LogP contribution in [0.3, 0.4) is 0 Å². The summed E-state index contributed by atoms with van der Waals surface area (Å²) in [5.74, 6) is 6.31. The van der Waals surface area contributed by atoms with Gasteiger partial charge in [0, 0.05) is 11.1 Å². The molecule has 25 heavy (non-hydrogen) atoms. The minimum Gasteiger partial charge on any atom is -0.0988 e. The molecule has 0 saturated carbocycles. The van der Waals surface area contributed by atoms with Gasteiger partial charge in [-0.2, -0.15) is 0 Å². The first kappa shape index (κ1) is 22.0. The van der Waals surface area contributed by atoms with Crippen molar-refractivity contribution in [3.05, 3.63) is 121 Å². The maximum absolute atomic E-state index is 4.03. The van der Waals surface area contributed by atoms with Crippen LogP contribution >= 0.6 is 0 Å². The van der Waals surface area contributed by atoms with Crippen LogP contribution in [0.5, 0.6) is 0 Å². The molecule has 0 rings (SSSR count). The molecular formula is C25H28. The molecular weight excluding hydrogens is 300 g/mol. The Hall–Kier alpha value is -3.04. The van der Waals surface area contributed by atoms with Crippen molar-refractivity contribution in [3.63, 3.8) is 0 Å². The Labute approximate surface area is 154 Å². The van der Waals surface area contributed by atoms with Crippen molar-refractivity contribution in [3.8, 4) is 11.8 Å². The summed E-state index contributed by atoms with van der Waals surface area (Å²) in [5, 5.41) is 0. The van der Waals surface area contributed by atoms with E-state index in [0.717, 1.165) is 27.9 Å². The maximum Gasteiger partial charge on any atom is 0.0249 e. The topological polar surface area (TPSA) is 0 Å². The van der Waals surface area contributed by atoms with Crippen LogP contribution in [0, 0.1) is 11.8 Å². The van der Waals surface area contributed by atoms with Gasteiger partial charge in [-0.15, -0.1) is 0 Å². The molecule has 0 amide bonds. The summed E-state index contributed by atoms with van der Waals surface area (Å²) in [6, 6.07) is 0. The molecule has 0 aliphatic heterocycles. The Kier molecular flexibility index (Phi) is 11.8. The summed E-state index contributed by atoms with van der Waals surface area (Å²) in [6.07, 6.45) is 21.1. The van der Waals surface area contributed by atoms with Gasteiger partial charge in [0.25, 0.3) is 0 Å². The van der Waals surface area contributed by atoms with Crippen LogP contribution in [0.15, 0.2) is 121 Å². The second-order valence-electron chi connectivity index (χ2n) is 5.15. The number of allylic oxidation sites excluding steroid dienone is 16. The van der Waals surface area contributed by atoms with Gasteiger partial charge in [0.05, 0.1) is 0 Å². The molecule has 0 aromatic carbocycles. The maximum atomic E-state index is 4.03. The molecule has 0 aliphatic rings. The molecule has 0 atom stereocenters. The van der Waals surface area contributed by atoms with Gasteiger partial charge in [-0.3, -0.25) is 0 Å². The Morgan fingerprint density at radius 1 is 0.840 bits per heavy atom. The summed E-state index contributed by atoms with van der Waals surface area (Å²) < 4.78 is 0. The van der Waals surface area contributed by atoms with Gasteiger partial charge in [0.15, 0.2) is 0 Å². The van der Waals surface area contributed by atoms with Crippen molar-refractivity contribution in [1.82, 2.24) is 0 Å². The quantitative estimate of drug-likeness (QED) is 0.333.